The molecule has 1 N–H and O–H groups in total. The molecular formula is C25H26N6O3. The fraction of sp³-hybridized carbons (Fsp3) is 0.280. The lowest BCUT2D eigenvalue weighted by Gasteiger charge is -2.26. The predicted octanol–water partition coefficient (Wildman–Crippen LogP) is 3.86. The molecule has 0 spiro atoms. The molecule has 1 aliphatic rings. The van der Waals surface area contributed by atoms with E-state index in [2.05, 4.69) is 20.2 Å². The van der Waals surface area contributed by atoms with Crippen molar-refractivity contribution in [3.8, 4) is 11.6 Å². The molecule has 3 heterocycles. The van der Waals surface area contributed by atoms with Crippen molar-refractivity contribution in [3.05, 3.63) is 65.5 Å². The van der Waals surface area contributed by atoms with Gasteiger partial charge in [-0.05, 0) is 49.2 Å². The van der Waals surface area contributed by atoms with E-state index in [4.69, 9.17) is 14.5 Å². The van der Waals surface area contributed by atoms with E-state index in [9.17, 15) is 4.79 Å². The number of aromatic nitrogens is 4. The van der Waals surface area contributed by atoms with Crippen molar-refractivity contribution in [2.75, 3.05) is 36.5 Å². The predicted molar refractivity (Wildman–Crippen MR) is 130 cm³/mol. The fourth-order valence-electron chi connectivity index (χ4n) is 3.89. The Kier molecular flexibility index (Phi) is 5.85. The lowest BCUT2D eigenvalue weighted by Crippen LogP contribution is -2.37. The number of amides is 1. The number of morpholine rings is 1. The van der Waals surface area contributed by atoms with Crippen LogP contribution in [-0.2, 0) is 11.8 Å². The number of anilines is 2. The van der Waals surface area contributed by atoms with Crippen LogP contribution in [0, 0.1) is 13.8 Å². The van der Waals surface area contributed by atoms with Gasteiger partial charge >= 0.3 is 0 Å². The minimum atomic E-state index is -0.201. The molecule has 0 saturated carbocycles. The lowest BCUT2D eigenvalue weighted by atomic mass is 10.1. The summed E-state index contributed by atoms with van der Waals surface area (Å²) in [6.07, 6.45) is 1.69. The molecule has 0 bridgehead atoms. The van der Waals surface area contributed by atoms with Crippen molar-refractivity contribution in [3.63, 3.8) is 0 Å². The molecule has 5 rings (SSSR count). The smallest absolute Gasteiger partial charge is 0.256 e. The van der Waals surface area contributed by atoms with Gasteiger partial charge in [-0.15, -0.1) is 0 Å². The summed E-state index contributed by atoms with van der Waals surface area (Å²) in [5.41, 5.74) is 4.43. The van der Waals surface area contributed by atoms with Crippen molar-refractivity contribution in [2.24, 2.45) is 7.05 Å². The van der Waals surface area contributed by atoms with Crippen LogP contribution in [0.25, 0.3) is 11.2 Å². The summed E-state index contributed by atoms with van der Waals surface area (Å²) >= 11 is 0. The highest BCUT2D eigenvalue weighted by atomic mass is 16.5. The van der Waals surface area contributed by atoms with Crippen LogP contribution in [0.5, 0.6) is 11.6 Å². The molecule has 9 heteroatoms. The summed E-state index contributed by atoms with van der Waals surface area (Å²) in [6, 6.07) is 13.1. The number of nitrogens with zero attached hydrogens (tertiary/aromatic N) is 5. The number of imidazole rings is 1. The van der Waals surface area contributed by atoms with Gasteiger partial charge in [0, 0.05) is 31.4 Å². The molecule has 2 aromatic heterocycles. The second-order valence-electron chi connectivity index (χ2n) is 8.36. The van der Waals surface area contributed by atoms with Gasteiger partial charge < -0.3 is 24.3 Å². The summed E-state index contributed by atoms with van der Waals surface area (Å²) in [4.78, 5) is 28.9. The monoisotopic (exact) mass is 458 g/mol. The highest BCUT2D eigenvalue weighted by Crippen LogP contribution is 2.30. The first-order valence-corrected chi connectivity index (χ1v) is 11.2. The average Bonchev–Trinajstić information content (AvgIpc) is 3.22. The van der Waals surface area contributed by atoms with Gasteiger partial charge in [0.05, 0.1) is 19.5 Å². The summed E-state index contributed by atoms with van der Waals surface area (Å²) in [6.45, 7) is 6.54. The first-order valence-electron chi connectivity index (χ1n) is 11.2. The maximum absolute atomic E-state index is 13.0. The van der Waals surface area contributed by atoms with Crippen molar-refractivity contribution < 1.29 is 14.3 Å². The van der Waals surface area contributed by atoms with Crippen LogP contribution >= 0.6 is 0 Å². The van der Waals surface area contributed by atoms with Crippen molar-refractivity contribution >= 4 is 28.7 Å². The number of rotatable bonds is 5. The zero-order valence-electron chi connectivity index (χ0n) is 19.4. The molecule has 174 valence electrons. The van der Waals surface area contributed by atoms with Crippen LogP contribution in [-0.4, -0.2) is 51.7 Å². The molecule has 1 saturated heterocycles. The third kappa shape index (κ3) is 4.42. The van der Waals surface area contributed by atoms with Gasteiger partial charge in [-0.25, -0.2) is 4.98 Å². The molecule has 34 heavy (non-hydrogen) atoms. The van der Waals surface area contributed by atoms with E-state index in [-0.39, 0.29) is 5.91 Å². The number of aryl methyl sites for hydroxylation is 3. The topological polar surface area (TPSA) is 94.4 Å². The number of fused-ring (bicyclic) bond motifs is 1. The Bertz CT molecular complexity index is 1360. The third-order valence-electron chi connectivity index (χ3n) is 5.75. The zero-order valence-corrected chi connectivity index (χ0v) is 19.4. The Labute approximate surface area is 197 Å². The summed E-state index contributed by atoms with van der Waals surface area (Å²) in [7, 11) is 1.88. The second kappa shape index (κ2) is 9.11. The largest absolute Gasteiger partial charge is 0.437 e. The minimum absolute atomic E-state index is 0.201. The van der Waals surface area contributed by atoms with Gasteiger partial charge in [0.2, 0.25) is 5.95 Å². The maximum Gasteiger partial charge on any atom is 0.256 e. The normalized spacial score (nSPS) is 13.8. The van der Waals surface area contributed by atoms with Crippen molar-refractivity contribution in [2.45, 2.75) is 13.8 Å². The summed E-state index contributed by atoms with van der Waals surface area (Å²) in [5, 5.41) is 2.96. The van der Waals surface area contributed by atoms with E-state index >= 15 is 0 Å². The van der Waals surface area contributed by atoms with Crippen LogP contribution in [0.4, 0.5) is 11.6 Å². The summed E-state index contributed by atoms with van der Waals surface area (Å²) in [5.74, 6) is 1.21. The van der Waals surface area contributed by atoms with E-state index in [1.807, 2.05) is 61.9 Å². The summed E-state index contributed by atoms with van der Waals surface area (Å²) < 4.78 is 13.5. The third-order valence-corrected chi connectivity index (χ3v) is 5.75. The average molecular weight is 459 g/mol. The van der Waals surface area contributed by atoms with E-state index in [1.54, 1.807) is 12.4 Å². The number of hydrogen-bond donors (Lipinski definition) is 1. The van der Waals surface area contributed by atoms with Gasteiger partial charge in [0.25, 0.3) is 11.8 Å². The van der Waals surface area contributed by atoms with Crippen LogP contribution in [0.15, 0.2) is 48.8 Å². The highest BCUT2D eigenvalue weighted by Gasteiger charge is 2.20. The van der Waals surface area contributed by atoms with E-state index in [1.165, 1.54) is 0 Å². The lowest BCUT2D eigenvalue weighted by molar-refractivity contribution is 0.102. The molecule has 0 radical (unpaired) electrons. The molecule has 2 aromatic carbocycles. The van der Waals surface area contributed by atoms with E-state index in [0.717, 1.165) is 16.8 Å². The Morgan fingerprint density at radius 1 is 1.09 bits per heavy atom. The number of hydrogen-bond acceptors (Lipinski definition) is 7. The Morgan fingerprint density at radius 2 is 1.91 bits per heavy atom. The molecule has 9 nitrogen and oxygen atoms in total. The Balaban J connectivity index is 1.46. The number of ether oxygens (including phenoxy) is 2. The number of carbonyl (C=O) groups excluding carboxylic acids is 1. The molecule has 4 aromatic rings. The molecule has 1 fully saturated rings. The SMILES string of the molecule is Cc1cccc(NC(=O)c2cc(Oc3nc(N4CCOCC4)nc4c3ncn4C)ccc2C)c1. The standard InChI is InChI=1S/C25H26N6O3/c1-16-5-4-6-18(13-16)27-23(32)20-14-19(8-7-17(20)2)34-24-21-22(30(3)15-26-21)28-25(29-24)31-9-11-33-12-10-31/h4-8,13-15H,9-12H2,1-3H3,(H,27,32). The van der Waals surface area contributed by atoms with Gasteiger partial charge in [-0.2, -0.15) is 9.97 Å². The molecular weight excluding hydrogens is 432 g/mol. The molecule has 0 unspecified atom stereocenters. The highest BCUT2D eigenvalue weighted by molar-refractivity contribution is 6.05. The first-order chi connectivity index (χ1) is 16.5. The molecule has 0 aliphatic carbocycles. The molecule has 1 aliphatic heterocycles. The first kappa shape index (κ1) is 21.8. The number of nitrogens with one attached hydrogen (secondary N) is 1. The van der Waals surface area contributed by atoms with Gasteiger partial charge in [-0.1, -0.05) is 18.2 Å². The van der Waals surface area contributed by atoms with Gasteiger partial charge in [-0.3, -0.25) is 4.79 Å². The van der Waals surface area contributed by atoms with E-state index < -0.39 is 0 Å². The van der Waals surface area contributed by atoms with Crippen LogP contribution < -0.4 is 15.0 Å². The van der Waals surface area contributed by atoms with Crippen molar-refractivity contribution in [1.82, 2.24) is 19.5 Å². The minimum Gasteiger partial charge on any atom is -0.437 e. The molecule has 1 amide bonds. The number of carbonyl (C=O) groups is 1. The molecule has 0 atom stereocenters. The Morgan fingerprint density at radius 3 is 2.71 bits per heavy atom. The van der Waals surface area contributed by atoms with Crippen LogP contribution in [0.2, 0.25) is 0 Å². The van der Waals surface area contributed by atoms with Crippen LogP contribution in [0.1, 0.15) is 21.5 Å². The van der Waals surface area contributed by atoms with Crippen LogP contribution in [0.3, 0.4) is 0 Å². The van der Waals surface area contributed by atoms with Gasteiger partial charge in [0.15, 0.2) is 11.2 Å². The van der Waals surface area contributed by atoms with Gasteiger partial charge in [0.1, 0.15) is 5.75 Å². The van der Waals surface area contributed by atoms with E-state index in [0.29, 0.717) is 60.6 Å². The van der Waals surface area contributed by atoms with Crippen molar-refractivity contribution in [1.29, 1.82) is 0 Å². The fourth-order valence-corrected chi connectivity index (χ4v) is 3.89. The maximum atomic E-state index is 13.0. The Hall–Kier alpha value is -3.98. The second-order valence-corrected chi connectivity index (χ2v) is 8.36. The quantitative estimate of drug-likeness (QED) is 0.485. The number of benzene rings is 2. The zero-order chi connectivity index (χ0) is 23.7.